The monoisotopic (exact) mass is 276 g/mol. The van der Waals surface area contributed by atoms with Crippen LogP contribution in [0.5, 0.6) is 5.75 Å². The third-order valence-corrected chi connectivity index (χ3v) is 2.74. The van der Waals surface area contributed by atoms with E-state index >= 15 is 0 Å². The molecule has 0 aliphatic rings. The Balaban J connectivity index is 2.59. The number of rotatable bonds is 4. The second kappa shape index (κ2) is 5.43. The van der Waals surface area contributed by atoms with Crippen molar-refractivity contribution in [2.75, 3.05) is 14.2 Å². The highest BCUT2D eigenvalue weighted by molar-refractivity contribution is 6.03. The molecule has 7 heteroatoms. The zero-order valence-corrected chi connectivity index (χ0v) is 10.8. The lowest BCUT2D eigenvalue weighted by atomic mass is 10.0. The van der Waals surface area contributed by atoms with E-state index in [4.69, 9.17) is 9.84 Å². The van der Waals surface area contributed by atoms with Crippen molar-refractivity contribution in [1.29, 1.82) is 0 Å². The normalized spacial score (nSPS) is 10.1. The van der Waals surface area contributed by atoms with Crippen LogP contribution in [-0.2, 0) is 4.74 Å². The zero-order chi connectivity index (χ0) is 14.7. The lowest BCUT2D eigenvalue weighted by molar-refractivity contribution is 0.0594. The van der Waals surface area contributed by atoms with Crippen LogP contribution < -0.4 is 4.74 Å². The highest BCUT2D eigenvalue weighted by atomic mass is 16.5. The Morgan fingerprint density at radius 2 is 1.85 bits per heavy atom. The predicted molar refractivity (Wildman–Crippen MR) is 68.9 cm³/mol. The fraction of sp³-hybridized carbons (Fsp3) is 0.154. The Bertz CT molecular complexity index is 645. The Morgan fingerprint density at radius 1 is 1.20 bits per heavy atom. The molecule has 1 heterocycles. The summed E-state index contributed by atoms with van der Waals surface area (Å²) in [6.45, 7) is 0. The largest absolute Gasteiger partial charge is 0.497 e. The third-order valence-electron chi connectivity index (χ3n) is 2.74. The average Bonchev–Trinajstić information content (AvgIpc) is 2.91. The first-order valence-corrected chi connectivity index (χ1v) is 5.63. The Morgan fingerprint density at radius 3 is 2.35 bits per heavy atom. The van der Waals surface area contributed by atoms with Crippen LogP contribution in [0.15, 0.2) is 24.3 Å². The SMILES string of the molecule is COC(=O)c1[nH]nc(C(=O)O)c1-c1ccc(OC)cc1. The van der Waals surface area contributed by atoms with Crippen LogP contribution in [0.1, 0.15) is 21.0 Å². The molecule has 104 valence electrons. The molecule has 0 saturated heterocycles. The number of aromatic amines is 1. The molecule has 0 fully saturated rings. The highest BCUT2D eigenvalue weighted by Crippen LogP contribution is 2.28. The van der Waals surface area contributed by atoms with Crippen LogP contribution in [0, 0.1) is 0 Å². The maximum atomic E-state index is 11.7. The molecule has 1 aromatic heterocycles. The predicted octanol–water partition coefficient (Wildman–Crippen LogP) is 1.57. The molecule has 2 aromatic rings. The zero-order valence-electron chi connectivity index (χ0n) is 10.8. The lowest BCUT2D eigenvalue weighted by Crippen LogP contribution is -2.05. The molecule has 0 aliphatic carbocycles. The Hall–Kier alpha value is -2.83. The van der Waals surface area contributed by atoms with Crippen LogP contribution in [-0.4, -0.2) is 41.5 Å². The van der Waals surface area contributed by atoms with E-state index in [0.29, 0.717) is 11.3 Å². The summed E-state index contributed by atoms with van der Waals surface area (Å²) in [6, 6.07) is 6.61. The van der Waals surface area contributed by atoms with E-state index in [9.17, 15) is 9.59 Å². The number of methoxy groups -OCH3 is 2. The van der Waals surface area contributed by atoms with Crippen LogP contribution in [0.3, 0.4) is 0 Å². The number of nitrogens with one attached hydrogen (secondary N) is 1. The minimum Gasteiger partial charge on any atom is -0.497 e. The molecular weight excluding hydrogens is 264 g/mol. The third kappa shape index (κ3) is 2.33. The number of H-pyrrole nitrogens is 1. The summed E-state index contributed by atoms with van der Waals surface area (Å²) in [6.07, 6.45) is 0. The van der Waals surface area contributed by atoms with Gasteiger partial charge in [-0.2, -0.15) is 5.10 Å². The second-order valence-electron chi connectivity index (χ2n) is 3.85. The summed E-state index contributed by atoms with van der Waals surface area (Å²) >= 11 is 0. The summed E-state index contributed by atoms with van der Waals surface area (Å²) < 4.78 is 9.64. The van der Waals surface area contributed by atoms with Crippen molar-refractivity contribution < 1.29 is 24.2 Å². The number of aromatic nitrogens is 2. The smallest absolute Gasteiger partial charge is 0.357 e. The average molecular weight is 276 g/mol. The van der Waals surface area contributed by atoms with E-state index in [-0.39, 0.29) is 17.0 Å². The maximum absolute atomic E-state index is 11.7. The summed E-state index contributed by atoms with van der Waals surface area (Å²) in [7, 11) is 2.73. The molecule has 0 atom stereocenters. The fourth-order valence-electron chi connectivity index (χ4n) is 1.79. The molecule has 2 N–H and O–H groups in total. The molecule has 1 aromatic carbocycles. The Kier molecular flexibility index (Phi) is 3.69. The van der Waals surface area contributed by atoms with Crippen molar-refractivity contribution in [2.24, 2.45) is 0 Å². The molecular formula is C13H12N2O5. The second-order valence-corrected chi connectivity index (χ2v) is 3.85. The van der Waals surface area contributed by atoms with Crippen molar-refractivity contribution in [2.45, 2.75) is 0 Å². The first-order valence-electron chi connectivity index (χ1n) is 5.63. The lowest BCUT2D eigenvalue weighted by Gasteiger charge is -2.05. The van der Waals surface area contributed by atoms with E-state index in [1.165, 1.54) is 14.2 Å². The summed E-state index contributed by atoms with van der Waals surface area (Å²) in [5, 5.41) is 15.2. The molecule has 2 rings (SSSR count). The van der Waals surface area contributed by atoms with Crippen molar-refractivity contribution >= 4 is 11.9 Å². The van der Waals surface area contributed by atoms with E-state index in [2.05, 4.69) is 14.9 Å². The fourth-order valence-corrected chi connectivity index (χ4v) is 1.79. The standard InChI is InChI=1S/C13H12N2O5/c1-19-8-5-3-7(4-6-8)9-10(12(16)17)14-15-11(9)13(18)20-2/h3-6H,1-2H3,(H,14,15)(H,16,17). The van der Waals surface area contributed by atoms with Gasteiger partial charge in [0.05, 0.1) is 14.2 Å². The molecule has 0 aliphatic heterocycles. The van der Waals surface area contributed by atoms with Gasteiger partial charge in [0.2, 0.25) is 0 Å². The minimum absolute atomic E-state index is 0.00457. The van der Waals surface area contributed by atoms with Crippen molar-refractivity contribution in [3.63, 3.8) is 0 Å². The van der Waals surface area contributed by atoms with Crippen molar-refractivity contribution in [3.8, 4) is 16.9 Å². The van der Waals surface area contributed by atoms with Gasteiger partial charge in [0, 0.05) is 5.56 Å². The number of carbonyl (C=O) groups is 2. The topological polar surface area (TPSA) is 102 Å². The number of carbonyl (C=O) groups excluding carboxylic acids is 1. The van der Waals surface area contributed by atoms with Gasteiger partial charge in [0.25, 0.3) is 0 Å². The van der Waals surface area contributed by atoms with Gasteiger partial charge in [0.1, 0.15) is 5.75 Å². The van der Waals surface area contributed by atoms with E-state index in [0.717, 1.165) is 0 Å². The first-order chi connectivity index (χ1) is 9.58. The molecule has 0 unspecified atom stereocenters. The van der Waals surface area contributed by atoms with Crippen molar-refractivity contribution in [3.05, 3.63) is 35.7 Å². The molecule has 0 saturated carbocycles. The van der Waals surface area contributed by atoms with Gasteiger partial charge in [0.15, 0.2) is 11.4 Å². The number of hydrogen-bond acceptors (Lipinski definition) is 5. The van der Waals surface area contributed by atoms with Gasteiger partial charge in [-0.15, -0.1) is 0 Å². The van der Waals surface area contributed by atoms with Gasteiger partial charge in [-0.1, -0.05) is 12.1 Å². The van der Waals surface area contributed by atoms with Gasteiger partial charge < -0.3 is 14.6 Å². The maximum Gasteiger partial charge on any atom is 0.357 e. The van der Waals surface area contributed by atoms with E-state index in [1.54, 1.807) is 24.3 Å². The van der Waals surface area contributed by atoms with Crippen molar-refractivity contribution in [1.82, 2.24) is 10.2 Å². The first kappa shape index (κ1) is 13.6. The molecule has 7 nitrogen and oxygen atoms in total. The van der Waals surface area contributed by atoms with Gasteiger partial charge >= 0.3 is 11.9 Å². The van der Waals surface area contributed by atoms with Crippen LogP contribution in [0.4, 0.5) is 0 Å². The number of nitrogens with zero attached hydrogens (tertiary/aromatic N) is 1. The summed E-state index contributed by atoms with van der Waals surface area (Å²) in [4.78, 5) is 22.8. The van der Waals surface area contributed by atoms with Crippen LogP contribution in [0.2, 0.25) is 0 Å². The number of aromatic carboxylic acids is 1. The van der Waals surface area contributed by atoms with Gasteiger partial charge in [-0.3, -0.25) is 5.10 Å². The van der Waals surface area contributed by atoms with Gasteiger partial charge in [-0.25, -0.2) is 9.59 Å². The Labute approximate surface area is 114 Å². The van der Waals surface area contributed by atoms with Gasteiger partial charge in [-0.05, 0) is 17.7 Å². The molecule has 0 spiro atoms. The van der Waals surface area contributed by atoms with E-state index in [1.807, 2.05) is 0 Å². The molecule has 20 heavy (non-hydrogen) atoms. The molecule has 0 bridgehead atoms. The molecule has 0 radical (unpaired) electrons. The van der Waals surface area contributed by atoms with Crippen LogP contribution in [0.25, 0.3) is 11.1 Å². The number of hydrogen-bond donors (Lipinski definition) is 2. The highest BCUT2D eigenvalue weighted by Gasteiger charge is 2.24. The summed E-state index contributed by atoms with van der Waals surface area (Å²) in [5.74, 6) is -1.30. The van der Waals surface area contributed by atoms with E-state index < -0.39 is 11.9 Å². The number of benzene rings is 1. The summed E-state index contributed by atoms with van der Waals surface area (Å²) in [5.41, 5.74) is 0.468. The number of carboxylic acids is 1. The number of ether oxygens (including phenoxy) is 2. The quantitative estimate of drug-likeness (QED) is 0.822. The van der Waals surface area contributed by atoms with Crippen LogP contribution >= 0.6 is 0 Å². The number of carboxylic acid groups (broad SMARTS) is 1. The minimum atomic E-state index is -1.23. The molecule has 0 amide bonds. The number of esters is 1.